The van der Waals surface area contributed by atoms with Gasteiger partial charge in [0.15, 0.2) is 0 Å². The van der Waals surface area contributed by atoms with Crippen molar-refractivity contribution in [3.05, 3.63) is 24.3 Å². The Bertz CT molecular complexity index is 711. The third-order valence-corrected chi connectivity index (χ3v) is 8.60. The zero-order chi connectivity index (χ0) is 19.9. The fourth-order valence-corrected chi connectivity index (χ4v) is 7.11. The van der Waals surface area contributed by atoms with Gasteiger partial charge in [-0.3, -0.25) is 4.79 Å². The standard InChI is InChI=1S/C22H32O5/c1-11-9-21-10-18(25)22(26)16(8-17(24)20(22,4)5)12(2)15(21)7-6-14(11)19(21)27-13(3)23/h14-19,24-26H,1-2,6-10H2,3-5H3/t14-,15-,16-,17-,18-,19+,21+,22-/m0/s1. The summed E-state index contributed by atoms with van der Waals surface area (Å²) < 4.78 is 5.81. The average molecular weight is 376 g/mol. The maximum Gasteiger partial charge on any atom is 0.302 e. The number of rotatable bonds is 1. The summed E-state index contributed by atoms with van der Waals surface area (Å²) in [7, 11) is 0. The molecule has 0 aromatic rings. The molecule has 0 aliphatic heterocycles. The van der Waals surface area contributed by atoms with Gasteiger partial charge in [0, 0.05) is 29.6 Å². The summed E-state index contributed by atoms with van der Waals surface area (Å²) >= 11 is 0. The number of hydrogen-bond acceptors (Lipinski definition) is 5. The fourth-order valence-electron chi connectivity index (χ4n) is 7.11. The van der Waals surface area contributed by atoms with E-state index in [9.17, 15) is 20.1 Å². The first-order chi connectivity index (χ1) is 12.5. The maximum absolute atomic E-state index is 11.8. The molecule has 0 amide bonds. The normalized spacial score (nSPS) is 50.7. The molecule has 3 N–H and O–H groups in total. The molecule has 5 nitrogen and oxygen atoms in total. The lowest BCUT2D eigenvalue weighted by Crippen LogP contribution is -2.57. The quantitative estimate of drug-likeness (QED) is 0.483. The predicted octanol–water partition coefficient (Wildman–Crippen LogP) is 2.35. The molecule has 1 spiro atoms. The van der Waals surface area contributed by atoms with Crippen molar-refractivity contribution in [2.75, 3.05) is 0 Å². The third-order valence-electron chi connectivity index (χ3n) is 8.60. The third kappa shape index (κ3) is 2.19. The largest absolute Gasteiger partial charge is 0.461 e. The number of hydrogen-bond donors (Lipinski definition) is 3. The van der Waals surface area contributed by atoms with Gasteiger partial charge < -0.3 is 20.1 Å². The Kier molecular flexibility index (Phi) is 4.03. The highest BCUT2D eigenvalue weighted by molar-refractivity contribution is 5.66. The summed E-state index contributed by atoms with van der Waals surface area (Å²) in [5, 5.41) is 33.7. The van der Waals surface area contributed by atoms with E-state index in [1.165, 1.54) is 6.92 Å². The molecule has 4 aliphatic rings. The van der Waals surface area contributed by atoms with Crippen molar-refractivity contribution in [2.24, 2.45) is 28.6 Å². The second kappa shape index (κ2) is 5.68. The van der Waals surface area contributed by atoms with E-state index in [1.54, 1.807) is 0 Å². The fraction of sp³-hybridized carbons (Fsp3) is 0.773. The smallest absolute Gasteiger partial charge is 0.302 e. The topological polar surface area (TPSA) is 87.0 Å². The number of carbonyl (C=O) groups is 1. The van der Waals surface area contributed by atoms with Gasteiger partial charge in [-0.25, -0.2) is 0 Å². The van der Waals surface area contributed by atoms with Gasteiger partial charge in [-0.2, -0.15) is 0 Å². The van der Waals surface area contributed by atoms with E-state index in [0.29, 0.717) is 19.3 Å². The van der Waals surface area contributed by atoms with Crippen molar-refractivity contribution in [3.63, 3.8) is 0 Å². The van der Waals surface area contributed by atoms with E-state index in [0.717, 1.165) is 24.0 Å². The number of fused-ring (bicyclic) bond motifs is 2. The second-order valence-corrected chi connectivity index (χ2v) is 9.98. The van der Waals surface area contributed by atoms with Gasteiger partial charge in [-0.05, 0) is 38.0 Å². The number of ether oxygens (including phenoxy) is 1. The molecule has 8 atom stereocenters. The van der Waals surface area contributed by atoms with Crippen LogP contribution in [0.2, 0.25) is 0 Å². The summed E-state index contributed by atoms with van der Waals surface area (Å²) in [6.07, 6.45) is 1.10. The zero-order valence-electron chi connectivity index (χ0n) is 16.6. The molecule has 0 aromatic carbocycles. The van der Waals surface area contributed by atoms with Crippen LogP contribution in [0.15, 0.2) is 24.3 Å². The van der Waals surface area contributed by atoms with Crippen LogP contribution in [0, 0.1) is 28.6 Å². The van der Waals surface area contributed by atoms with Crippen molar-refractivity contribution >= 4 is 5.97 Å². The Morgan fingerprint density at radius 3 is 2.44 bits per heavy atom. The summed E-state index contributed by atoms with van der Waals surface area (Å²) in [5.41, 5.74) is -0.805. The number of aliphatic hydroxyl groups excluding tert-OH is 2. The van der Waals surface area contributed by atoms with Crippen LogP contribution in [0.5, 0.6) is 0 Å². The van der Waals surface area contributed by atoms with Crippen molar-refractivity contribution in [1.29, 1.82) is 0 Å². The average Bonchev–Trinajstić information content (AvgIpc) is 2.81. The molecular formula is C22H32O5. The molecule has 27 heavy (non-hydrogen) atoms. The molecule has 0 unspecified atom stereocenters. The summed E-state index contributed by atoms with van der Waals surface area (Å²) in [4.78, 5) is 11.8. The minimum atomic E-state index is -1.45. The predicted molar refractivity (Wildman–Crippen MR) is 101 cm³/mol. The van der Waals surface area contributed by atoms with Gasteiger partial charge in [0.25, 0.3) is 0 Å². The number of carbonyl (C=O) groups excluding carboxylic acids is 1. The van der Waals surface area contributed by atoms with Crippen LogP contribution in [0.3, 0.4) is 0 Å². The van der Waals surface area contributed by atoms with Gasteiger partial charge in [-0.1, -0.05) is 38.2 Å². The van der Waals surface area contributed by atoms with Gasteiger partial charge >= 0.3 is 5.97 Å². The van der Waals surface area contributed by atoms with Crippen LogP contribution in [-0.4, -0.2) is 45.2 Å². The van der Waals surface area contributed by atoms with Crippen LogP contribution < -0.4 is 0 Å². The van der Waals surface area contributed by atoms with Crippen molar-refractivity contribution in [3.8, 4) is 0 Å². The van der Waals surface area contributed by atoms with Crippen LogP contribution in [0.1, 0.15) is 52.9 Å². The van der Waals surface area contributed by atoms with Crippen LogP contribution in [0.25, 0.3) is 0 Å². The highest BCUT2D eigenvalue weighted by atomic mass is 16.5. The van der Waals surface area contributed by atoms with Gasteiger partial charge in [0.2, 0.25) is 0 Å². The Morgan fingerprint density at radius 2 is 1.81 bits per heavy atom. The van der Waals surface area contributed by atoms with Crippen molar-refractivity contribution < 1.29 is 24.9 Å². The summed E-state index contributed by atoms with van der Waals surface area (Å²) in [6.45, 7) is 13.7. The minimum absolute atomic E-state index is 0.0344. The molecule has 0 radical (unpaired) electrons. The molecule has 5 heteroatoms. The highest BCUT2D eigenvalue weighted by Gasteiger charge is 2.70. The van der Waals surface area contributed by atoms with Crippen LogP contribution >= 0.6 is 0 Å². The lowest BCUT2D eigenvalue weighted by molar-refractivity contribution is -0.181. The van der Waals surface area contributed by atoms with E-state index >= 15 is 0 Å². The lowest BCUT2D eigenvalue weighted by atomic mass is 9.61. The summed E-state index contributed by atoms with van der Waals surface area (Å²) in [6, 6.07) is 0. The van der Waals surface area contributed by atoms with Crippen molar-refractivity contribution in [2.45, 2.75) is 76.8 Å². The van der Waals surface area contributed by atoms with E-state index in [4.69, 9.17) is 4.74 Å². The Morgan fingerprint density at radius 1 is 1.15 bits per heavy atom. The Labute approximate surface area is 161 Å². The van der Waals surface area contributed by atoms with E-state index in [-0.39, 0.29) is 29.8 Å². The van der Waals surface area contributed by atoms with Gasteiger partial charge in [0.05, 0.1) is 12.2 Å². The number of esters is 1. The van der Waals surface area contributed by atoms with E-state index in [1.807, 2.05) is 13.8 Å². The SMILES string of the molecule is C=C1C[C@@]23C[C@H](O)[C@@]4(O)[C@@H](C[C@H](O)C4(C)C)C(=C)[C@@H]2CC[C@@H]1[C@H]3OC(C)=O. The van der Waals surface area contributed by atoms with Crippen LogP contribution in [-0.2, 0) is 9.53 Å². The molecule has 4 rings (SSSR count). The van der Waals surface area contributed by atoms with Crippen molar-refractivity contribution in [1.82, 2.24) is 0 Å². The monoisotopic (exact) mass is 376 g/mol. The van der Waals surface area contributed by atoms with Crippen LogP contribution in [0.4, 0.5) is 0 Å². The molecule has 2 bridgehead atoms. The first kappa shape index (κ1) is 19.2. The first-order valence-corrected chi connectivity index (χ1v) is 10.1. The molecule has 150 valence electrons. The highest BCUT2D eigenvalue weighted by Crippen LogP contribution is 2.68. The lowest BCUT2D eigenvalue weighted by Gasteiger charge is -2.47. The molecule has 4 aliphatic carbocycles. The Balaban J connectivity index is 1.84. The number of aliphatic hydroxyl groups is 3. The van der Waals surface area contributed by atoms with E-state index in [2.05, 4.69) is 13.2 Å². The second-order valence-electron chi connectivity index (χ2n) is 9.98. The van der Waals surface area contributed by atoms with Gasteiger partial charge in [0.1, 0.15) is 11.7 Å². The molecule has 4 saturated carbocycles. The molecule has 0 heterocycles. The van der Waals surface area contributed by atoms with Gasteiger partial charge in [-0.15, -0.1) is 0 Å². The maximum atomic E-state index is 11.8. The first-order valence-electron chi connectivity index (χ1n) is 10.1. The Hall–Kier alpha value is -1.17. The molecule has 4 fully saturated rings. The minimum Gasteiger partial charge on any atom is -0.461 e. The summed E-state index contributed by atoms with van der Waals surface area (Å²) in [5.74, 6) is -0.549. The molecule has 0 saturated heterocycles. The molecular weight excluding hydrogens is 344 g/mol. The zero-order valence-corrected chi connectivity index (χ0v) is 16.6. The van der Waals surface area contributed by atoms with E-state index < -0.39 is 28.6 Å². The molecule has 0 aromatic heterocycles.